The molecule has 1 N–H and O–H groups in total. The van der Waals surface area contributed by atoms with Crippen LogP contribution in [0.2, 0.25) is 5.28 Å². The number of ether oxygens (including phenoxy) is 1. The van der Waals surface area contributed by atoms with Gasteiger partial charge in [0.25, 0.3) is 0 Å². The number of morpholine rings is 1. The van der Waals surface area contributed by atoms with E-state index in [1.165, 1.54) is 0 Å². The van der Waals surface area contributed by atoms with Crippen molar-refractivity contribution in [2.24, 2.45) is 0 Å². The monoisotopic (exact) mass is 267 g/mol. The summed E-state index contributed by atoms with van der Waals surface area (Å²) in [5.74, 6) is 0.820. The minimum absolute atomic E-state index is 0.171. The summed E-state index contributed by atoms with van der Waals surface area (Å²) in [4.78, 5) is 10.6. The molecule has 6 nitrogen and oxygen atoms in total. The Morgan fingerprint density at radius 3 is 2.78 bits per heavy atom. The largest absolute Gasteiger partial charge is 0.372 e. The Bertz CT molecular complexity index is 562. The molecule has 0 radical (unpaired) electrons. The van der Waals surface area contributed by atoms with Crippen LogP contribution in [0.1, 0.15) is 13.8 Å². The molecule has 0 spiro atoms. The quantitative estimate of drug-likeness (QED) is 0.796. The van der Waals surface area contributed by atoms with E-state index in [0.717, 1.165) is 24.3 Å². The summed E-state index contributed by atoms with van der Waals surface area (Å²) in [7, 11) is 0. The van der Waals surface area contributed by atoms with Gasteiger partial charge in [-0.05, 0) is 25.4 Å². The van der Waals surface area contributed by atoms with Gasteiger partial charge in [0.2, 0.25) is 5.28 Å². The van der Waals surface area contributed by atoms with Crippen molar-refractivity contribution in [3.8, 4) is 0 Å². The minimum Gasteiger partial charge on any atom is -0.372 e. The Hall–Kier alpha value is -1.40. The molecule has 18 heavy (non-hydrogen) atoms. The van der Waals surface area contributed by atoms with Crippen LogP contribution in [0.4, 0.5) is 5.82 Å². The lowest BCUT2D eigenvalue weighted by Gasteiger charge is -2.36. The summed E-state index contributed by atoms with van der Waals surface area (Å²) in [5.41, 5.74) is 0.664. The summed E-state index contributed by atoms with van der Waals surface area (Å²) < 4.78 is 5.72. The van der Waals surface area contributed by atoms with Crippen LogP contribution < -0.4 is 4.90 Å². The lowest BCUT2D eigenvalue weighted by atomic mass is 10.2. The van der Waals surface area contributed by atoms with Crippen LogP contribution >= 0.6 is 11.6 Å². The van der Waals surface area contributed by atoms with Gasteiger partial charge in [0, 0.05) is 13.1 Å². The fraction of sp³-hybridized carbons (Fsp3) is 0.545. The maximum absolute atomic E-state index is 5.94. The van der Waals surface area contributed by atoms with Gasteiger partial charge in [-0.3, -0.25) is 5.10 Å². The third-order valence-electron chi connectivity index (χ3n) is 2.98. The van der Waals surface area contributed by atoms with E-state index in [2.05, 4.69) is 38.9 Å². The van der Waals surface area contributed by atoms with Crippen molar-refractivity contribution < 1.29 is 4.74 Å². The highest BCUT2D eigenvalue weighted by Crippen LogP contribution is 2.26. The lowest BCUT2D eigenvalue weighted by molar-refractivity contribution is -0.00537. The van der Waals surface area contributed by atoms with Crippen molar-refractivity contribution in [3.05, 3.63) is 11.5 Å². The molecule has 96 valence electrons. The molecule has 2 unspecified atom stereocenters. The van der Waals surface area contributed by atoms with Gasteiger partial charge in [-0.25, -0.2) is 0 Å². The number of halogens is 1. The summed E-state index contributed by atoms with van der Waals surface area (Å²) in [6.07, 6.45) is 2.07. The van der Waals surface area contributed by atoms with Crippen molar-refractivity contribution in [2.75, 3.05) is 18.0 Å². The number of aromatic amines is 1. The number of anilines is 1. The van der Waals surface area contributed by atoms with Crippen LogP contribution in [0.25, 0.3) is 11.0 Å². The highest BCUT2D eigenvalue weighted by Gasteiger charge is 2.25. The first kappa shape index (κ1) is 11.7. The molecule has 2 aromatic heterocycles. The van der Waals surface area contributed by atoms with Crippen molar-refractivity contribution in [2.45, 2.75) is 26.1 Å². The lowest BCUT2D eigenvalue weighted by Crippen LogP contribution is -2.46. The van der Waals surface area contributed by atoms with E-state index >= 15 is 0 Å². The Morgan fingerprint density at radius 2 is 2.06 bits per heavy atom. The molecule has 2 atom stereocenters. The molecule has 3 heterocycles. The summed E-state index contributed by atoms with van der Waals surface area (Å²) in [6.45, 7) is 5.69. The molecule has 1 aliphatic heterocycles. The van der Waals surface area contributed by atoms with E-state index < -0.39 is 0 Å². The third-order valence-corrected chi connectivity index (χ3v) is 3.15. The van der Waals surface area contributed by atoms with Gasteiger partial charge in [0.15, 0.2) is 5.65 Å². The van der Waals surface area contributed by atoms with E-state index in [1.54, 1.807) is 6.20 Å². The Labute approximate surface area is 109 Å². The van der Waals surface area contributed by atoms with E-state index in [9.17, 15) is 0 Å². The highest BCUT2D eigenvalue weighted by atomic mass is 35.5. The van der Waals surface area contributed by atoms with Gasteiger partial charge in [0.1, 0.15) is 5.82 Å². The molecule has 7 heteroatoms. The number of nitrogens with zero attached hydrogens (tertiary/aromatic N) is 4. The highest BCUT2D eigenvalue weighted by molar-refractivity contribution is 6.28. The van der Waals surface area contributed by atoms with E-state index in [1.807, 2.05) is 0 Å². The number of aromatic nitrogens is 4. The van der Waals surface area contributed by atoms with Crippen molar-refractivity contribution >= 4 is 28.5 Å². The first-order valence-corrected chi connectivity index (χ1v) is 6.28. The normalized spacial score (nSPS) is 24.7. The maximum atomic E-state index is 5.94. The van der Waals surface area contributed by atoms with Crippen LogP contribution in [0.5, 0.6) is 0 Å². The SMILES string of the molecule is CC1CN(c2nc(Cl)nc3[nH]ncc23)CC(C)O1. The summed E-state index contributed by atoms with van der Waals surface area (Å²) >= 11 is 5.94. The van der Waals surface area contributed by atoms with Crippen molar-refractivity contribution in [1.82, 2.24) is 20.2 Å². The predicted molar refractivity (Wildman–Crippen MR) is 68.9 cm³/mol. The topological polar surface area (TPSA) is 66.9 Å². The fourth-order valence-electron chi connectivity index (χ4n) is 2.38. The molecule has 1 aliphatic rings. The zero-order chi connectivity index (χ0) is 12.7. The molecule has 2 aromatic rings. The third kappa shape index (κ3) is 2.02. The summed E-state index contributed by atoms with van der Waals surface area (Å²) in [6, 6.07) is 0. The number of rotatable bonds is 1. The smallest absolute Gasteiger partial charge is 0.226 e. The second-order valence-corrected chi connectivity index (χ2v) is 4.95. The molecule has 0 amide bonds. The van der Waals surface area contributed by atoms with E-state index in [-0.39, 0.29) is 17.5 Å². The zero-order valence-corrected chi connectivity index (χ0v) is 11.0. The molecular formula is C11H14ClN5O. The van der Waals surface area contributed by atoms with Crippen LogP contribution in [0, 0.1) is 0 Å². The first-order chi connectivity index (χ1) is 8.63. The molecule has 0 aliphatic carbocycles. The van der Waals surface area contributed by atoms with Gasteiger partial charge in [-0.1, -0.05) is 0 Å². The van der Waals surface area contributed by atoms with Gasteiger partial charge in [0.05, 0.1) is 23.8 Å². The minimum atomic E-state index is 0.171. The fourth-order valence-corrected chi connectivity index (χ4v) is 2.55. The van der Waals surface area contributed by atoms with Crippen molar-refractivity contribution in [3.63, 3.8) is 0 Å². The molecule has 0 saturated carbocycles. The first-order valence-electron chi connectivity index (χ1n) is 5.90. The van der Waals surface area contributed by atoms with E-state index in [4.69, 9.17) is 16.3 Å². The maximum Gasteiger partial charge on any atom is 0.226 e. The molecule has 1 fully saturated rings. The Kier molecular flexibility index (Phi) is 2.83. The zero-order valence-electron chi connectivity index (χ0n) is 10.2. The Morgan fingerprint density at radius 1 is 1.33 bits per heavy atom. The van der Waals surface area contributed by atoms with Crippen LogP contribution in [0.15, 0.2) is 6.20 Å². The second-order valence-electron chi connectivity index (χ2n) is 4.61. The number of fused-ring (bicyclic) bond motifs is 1. The summed E-state index contributed by atoms with van der Waals surface area (Å²) in [5, 5.41) is 7.93. The number of hydrogen-bond donors (Lipinski definition) is 1. The second kappa shape index (κ2) is 4.37. The van der Waals surface area contributed by atoms with Crippen LogP contribution in [-0.4, -0.2) is 45.5 Å². The van der Waals surface area contributed by atoms with Crippen LogP contribution in [-0.2, 0) is 4.74 Å². The van der Waals surface area contributed by atoms with Gasteiger partial charge in [-0.2, -0.15) is 15.1 Å². The molecule has 1 saturated heterocycles. The molecule has 3 rings (SSSR count). The number of nitrogens with one attached hydrogen (secondary N) is 1. The number of H-pyrrole nitrogens is 1. The standard InChI is InChI=1S/C11H14ClN5O/c1-6-4-17(5-7(2)18-6)10-8-3-13-16-9(8)14-11(12)15-10/h3,6-7H,4-5H2,1-2H3,(H,13,14,15,16). The molecule has 0 bridgehead atoms. The molecular weight excluding hydrogens is 254 g/mol. The predicted octanol–water partition coefficient (Wildman–Crippen LogP) is 1.62. The van der Waals surface area contributed by atoms with Crippen molar-refractivity contribution in [1.29, 1.82) is 0 Å². The van der Waals surface area contributed by atoms with E-state index in [0.29, 0.717) is 5.65 Å². The average Bonchev–Trinajstić information content (AvgIpc) is 2.74. The average molecular weight is 268 g/mol. The van der Waals surface area contributed by atoms with Gasteiger partial charge >= 0.3 is 0 Å². The van der Waals surface area contributed by atoms with Gasteiger partial charge < -0.3 is 9.64 Å². The van der Waals surface area contributed by atoms with Crippen LogP contribution in [0.3, 0.4) is 0 Å². The van der Waals surface area contributed by atoms with Gasteiger partial charge in [-0.15, -0.1) is 0 Å². The number of hydrogen-bond acceptors (Lipinski definition) is 5. The Balaban J connectivity index is 2.05. The molecule has 0 aromatic carbocycles.